The van der Waals surface area contributed by atoms with E-state index in [1.165, 1.54) is 82.4 Å². The zero-order valence-corrected chi connectivity index (χ0v) is 35.6. The molecule has 5 rings (SSSR count). The third-order valence-electron chi connectivity index (χ3n) is 10.5. The van der Waals surface area contributed by atoms with Gasteiger partial charge in [-0.2, -0.15) is 0 Å². The highest BCUT2D eigenvalue weighted by Gasteiger charge is 2.54. The molecule has 1 saturated heterocycles. The summed E-state index contributed by atoms with van der Waals surface area (Å²) in [5.41, 5.74) is 0.357. The maximum atomic E-state index is 13.8. The normalized spacial score (nSPS) is 17.7. The number of unbranched alkanes of at least 4 members (excludes halogenated alkanes) is 13. The van der Waals surface area contributed by atoms with Crippen LogP contribution in [0.2, 0.25) is 0 Å². The summed E-state index contributed by atoms with van der Waals surface area (Å²) in [6, 6.07) is 33.9. The smallest absolute Gasteiger partial charge is 0.338 e. The molecule has 0 aromatic heterocycles. The van der Waals surface area contributed by atoms with Crippen molar-refractivity contribution in [1.82, 2.24) is 0 Å². The van der Waals surface area contributed by atoms with E-state index in [1.807, 2.05) is 0 Å². The molecular formula is C50H60O9S. The van der Waals surface area contributed by atoms with E-state index in [4.69, 9.17) is 23.7 Å². The van der Waals surface area contributed by atoms with E-state index in [2.05, 4.69) is 6.92 Å². The zero-order chi connectivity index (χ0) is 42.2. The molecule has 0 saturated carbocycles. The standard InChI is InChI=1S/C50H60O9S/c1-2-3-4-5-6-7-8-9-10-11-12-13-14-27-36-60-50-45(58-49(54)41-34-25-18-26-35-41)44(57-48(53)40-32-23-17-24-33-40)43(59-50)42(56-47(52)39-30-21-16-22-31-39)37-55-46(51)38-28-19-15-20-29-38/h15-26,28-35,42-45,50H,2-14,27,36-37H2,1H3/t42-,43+,44+,45-,50+/m1/s1. The van der Waals surface area contributed by atoms with Crippen LogP contribution in [0.25, 0.3) is 0 Å². The van der Waals surface area contributed by atoms with Crippen LogP contribution in [0.4, 0.5) is 0 Å². The molecule has 1 aliphatic heterocycles. The van der Waals surface area contributed by atoms with Gasteiger partial charge in [-0.1, -0.05) is 163 Å². The van der Waals surface area contributed by atoms with Crippen molar-refractivity contribution in [2.24, 2.45) is 0 Å². The molecule has 4 aromatic rings. The second kappa shape index (κ2) is 26.3. The van der Waals surface area contributed by atoms with Crippen molar-refractivity contribution >= 4 is 35.6 Å². The molecule has 9 nitrogen and oxygen atoms in total. The van der Waals surface area contributed by atoms with Crippen molar-refractivity contribution in [2.75, 3.05) is 12.4 Å². The number of esters is 4. The van der Waals surface area contributed by atoms with Crippen LogP contribution >= 0.6 is 11.8 Å². The second-order valence-corrected chi connectivity index (χ2v) is 16.4. The molecule has 320 valence electrons. The van der Waals surface area contributed by atoms with Crippen molar-refractivity contribution in [3.8, 4) is 0 Å². The maximum Gasteiger partial charge on any atom is 0.338 e. The average Bonchev–Trinajstić information content (AvgIpc) is 3.62. The number of benzene rings is 4. The van der Waals surface area contributed by atoms with E-state index in [0.29, 0.717) is 16.9 Å². The first-order valence-corrected chi connectivity index (χ1v) is 22.8. The number of rotatable bonds is 26. The van der Waals surface area contributed by atoms with Crippen molar-refractivity contribution < 1.29 is 42.9 Å². The first-order chi connectivity index (χ1) is 29.4. The molecule has 0 bridgehead atoms. The molecule has 0 amide bonds. The molecule has 1 fully saturated rings. The van der Waals surface area contributed by atoms with Crippen molar-refractivity contribution in [2.45, 2.75) is 127 Å². The molecule has 0 unspecified atom stereocenters. The lowest BCUT2D eigenvalue weighted by Crippen LogP contribution is -2.47. The van der Waals surface area contributed by atoms with Crippen LogP contribution in [0.1, 0.15) is 138 Å². The summed E-state index contributed by atoms with van der Waals surface area (Å²) < 4.78 is 30.8. The van der Waals surface area contributed by atoms with Crippen molar-refractivity contribution in [1.29, 1.82) is 0 Å². The fraction of sp³-hybridized carbons (Fsp3) is 0.440. The SMILES string of the molecule is CCCCCCCCCCCCCCCCS[C@@H]1O[C@@H]([C@@H](COC(=O)c2ccccc2)OC(=O)c2ccccc2)[C@H](OC(=O)c2ccccc2)[C@H]1OC(=O)c1ccccc1. The first-order valence-electron chi connectivity index (χ1n) is 21.7. The van der Waals surface area contributed by atoms with E-state index in [-0.39, 0.29) is 11.1 Å². The highest BCUT2D eigenvalue weighted by atomic mass is 32.2. The molecule has 1 aliphatic rings. The minimum Gasteiger partial charge on any atom is -0.458 e. The molecule has 0 radical (unpaired) electrons. The lowest BCUT2D eigenvalue weighted by Gasteiger charge is -2.28. The minimum absolute atomic E-state index is 0.267. The van der Waals surface area contributed by atoms with Gasteiger partial charge in [0.25, 0.3) is 0 Å². The van der Waals surface area contributed by atoms with E-state index in [0.717, 1.165) is 19.3 Å². The highest BCUT2D eigenvalue weighted by Crippen LogP contribution is 2.37. The molecule has 5 atom stereocenters. The van der Waals surface area contributed by atoms with Gasteiger partial charge in [0.2, 0.25) is 0 Å². The van der Waals surface area contributed by atoms with Gasteiger partial charge in [-0.15, -0.1) is 11.8 Å². The topological polar surface area (TPSA) is 114 Å². The minimum atomic E-state index is -1.26. The van der Waals surface area contributed by atoms with Crippen LogP contribution in [0.3, 0.4) is 0 Å². The van der Waals surface area contributed by atoms with Crippen LogP contribution < -0.4 is 0 Å². The Bertz CT molecular complexity index is 1840. The predicted octanol–water partition coefficient (Wildman–Crippen LogP) is 11.5. The highest BCUT2D eigenvalue weighted by molar-refractivity contribution is 7.99. The summed E-state index contributed by atoms with van der Waals surface area (Å²) in [7, 11) is 0. The monoisotopic (exact) mass is 836 g/mol. The summed E-state index contributed by atoms with van der Waals surface area (Å²) in [5.74, 6) is -1.94. The number of carbonyl (C=O) groups excluding carboxylic acids is 4. The fourth-order valence-electron chi connectivity index (χ4n) is 7.16. The summed E-state index contributed by atoms with van der Waals surface area (Å²) in [6.07, 6.45) is 12.6. The zero-order valence-electron chi connectivity index (χ0n) is 34.8. The molecular weight excluding hydrogens is 777 g/mol. The Hall–Kier alpha value is -4.93. The number of ether oxygens (including phenoxy) is 5. The van der Waals surface area contributed by atoms with Crippen LogP contribution in [0.5, 0.6) is 0 Å². The molecule has 0 spiro atoms. The quantitative estimate of drug-likeness (QED) is 0.0344. The third-order valence-corrected chi connectivity index (χ3v) is 11.7. The summed E-state index contributed by atoms with van der Waals surface area (Å²) >= 11 is 1.46. The number of thioether (sulfide) groups is 1. The first kappa shape index (κ1) is 46.1. The van der Waals surface area contributed by atoms with Gasteiger partial charge >= 0.3 is 23.9 Å². The molecule has 0 aliphatic carbocycles. The lowest BCUT2D eigenvalue weighted by atomic mass is 10.0. The molecule has 60 heavy (non-hydrogen) atoms. The van der Waals surface area contributed by atoms with Gasteiger partial charge in [0.1, 0.15) is 18.1 Å². The van der Waals surface area contributed by atoms with Gasteiger partial charge in [0.05, 0.1) is 22.3 Å². The Labute approximate surface area is 359 Å². The average molecular weight is 837 g/mol. The lowest BCUT2D eigenvalue weighted by molar-refractivity contribution is -0.0899. The summed E-state index contributed by atoms with van der Waals surface area (Å²) in [6.45, 7) is 1.83. The Balaban J connectivity index is 1.31. The number of hydrogen-bond donors (Lipinski definition) is 0. The van der Waals surface area contributed by atoms with Crippen LogP contribution in [-0.4, -0.2) is 66.1 Å². The van der Waals surface area contributed by atoms with Crippen LogP contribution in [0, 0.1) is 0 Å². The van der Waals surface area contributed by atoms with E-state index in [1.54, 1.807) is 121 Å². The van der Waals surface area contributed by atoms with Crippen molar-refractivity contribution in [3.63, 3.8) is 0 Å². The van der Waals surface area contributed by atoms with Gasteiger partial charge in [0, 0.05) is 0 Å². The Kier molecular flexibility index (Phi) is 20.2. The van der Waals surface area contributed by atoms with E-state index >= 15 is 0 Å². The van der Waals surface area contributed by atoms with Gasteiger partial charge in [-0.3, -0.25) is 0 Å². The van der Waals surface area contributed by atoms with Crippen LogP contribution in [-0.2, 0) is 23.7 Å². The van der Waals surface area contributed by atoms with Gasteiger partial charge < -0.3 is 23.7 Å². The van der Waals surface area contributed by atoms with Gasteiger partial charge in [0.15, 0.2) is 18.3 Å². The van der Waals surface area contributed by atoms with E-state index < -0.39 is 60.3 Å². The fourth-order valence-corrected chi connectivity index (χ4v) is 8.37. The Morgan fingerprint density at radius 1 is 0.500 bits per heavy atom. The Morgan fingerprint density at radius 2 is 0.883 bits per heavy atom. The number of carbonyl (C=O) groups is 4. The van der Waals surface area contributed by atoms with Gasteiger partial charge in [-0.25, -0.2) is 19.2 Å². The third kappa shape index (κ3) is 15.3. The van der Waals surface area contributed by atoms with Crippen LogP contribution in [0.15, 0.2) is 121 Å². The largest absolute Gasteiger partial charge is 0.458 e. The van der Waals surface area contributed by atoms with E-state index in [9.17, 15) is 19.2 Å². The molecule has 10 heteroatoms. The maximum absolute atomic E-state index is 13.8. The molecule has 4 aromatic carbocycles. The number of hydrogen-bond acceptors (Lipinski definition) is 10. The molecule has 1 heterocycles. The van der Waals surface area contributed by atoms with Crippen molar-refractivity contribution in [3.05, 3.63) is 144 Å². The predicted molar refractivity (Wildman–Crippen MR) is 235 cm³/mol. The second-order valence-electron chi connectivity index (χ2n) is 15.2. The summed E-state index contributed by atoms with van der Waals surface area (Å²) in [5, 5.41) is 0. The summed E-state index contributed by atoms with van der Waals surface area (Å²) in [4.78, 5) is 54.3. The Morgan fingerprint density at radius 3 is 1.33 bits per heavy atom. The van der Waals surface area contributed by atoms with Gasteiger partial charge in [-0.05, 0) is 60.7 Å². The molecule has 0 N–H and O–H groups in total.